The number of amides is 1. The molecule has 0 spiro atoms. The lowest BCUT2D eigenvalue weighted by Crippen LogP contribution is -2.43. The number of rotatable bonds is 5. The third-order valence-electron chi connectivity index (χ3n) is 4.71. The highest BCUT2D eigenvalue weighted by atomic mass is 19.1. The number of halogens is 1. The van der Waals surface area contributed by atoms with Crippen molar-refractivity contribution in [1.29, 1.82) is 5.26 Å². The second kappa shape index (κ2) is 7.04. The van der Waals surface area contributed by atoms with Crippen molar-refractivity contribution in [1.82, 2.24) is 25.0 Å². The maximum absolute atomic E-state index is 13.4. The first kappa shape index (κ1) is 15.9. The molecule has 1 amide bonds. The summed E-state index contributed by atoms with van der Waals surface area (Å²) in [7, 11) is 0. The van der Waals surface area contributed by atoms with Crippen molar-refractivity contribution in [3.63, 3.8) is 0 Å². The van der Waals surface area contributed by atoms with Gasteiger partial charge in [-0.05, 0) is 25.2 Å². The van der Waals surface area contributed by atoms with Crippen molar-refractivity contribution < 1.29 is 9.18 Å². The maximum Gasteiger partial charge on any atom is 0.237 e. The normalized spacial score (nSPS) is 30.5. The summed E-state index contributed by atoms with van der Waals surface area (Å²) >= 11 is 0. The van der Waals surface area contributed by atoms with Crippen LogP contribution in [0, 0.1) is 17.2 Å². The molecule has 1 saturated carbocycles. The number of nitrogens with one attached hydrogen (secondary N) is 1. The molecule has 1 aromatic rings. The lowest BCUT2D eigenvalue weighted by Gasteiger charge is -2.21. The van der Waals surface area contributed by atoms with Gasteiger partial charge in [0.25, 0.3) is 0 Å². The van der Waals surface area contributed by atoms with Crippen LogP contribution in [-0.4, -0.2) is 56.9 Å². The quantitative estimate of drug-likeness (QED) is 0.853. The molecule has 1 aromatic heterocycles. The second-order valence-corrected chi connectivity index (χ2v) is 6.40. The van der Waals surface area contributed by atoms with E-state index < -0.39 is 12.2 Å². The summed E-state index contributed by atoms with van der Waals surface area (Å²) in [6.45, 7) is 1.06. The van der Waals surface area contributed by atoms with Crippen LogP contribution in [0.3, 0.4) is 0 Å². The van der Waals surface area contributed by atoms with Crippen LogP contribution < -0.4 is 5.32 Å². The highest BCUT2D eigenvalue weighted by Crippen LogP contribution is 2.27. The Morgan fingerprint density at radius 2 is 2.30 bits per heavy atom. The van der Waals surface area contributed by atoms with E-state index in [4.69, 9.17) is 5.26 Å². The van der Waals surface area contributed by atoms with E-state index in [-0.39, 0.29) is 31.5 Å². The number of nitrogens with zero attached hydrogens (tertiary/aromatic N) is 5. The van der Waals surface area contributed by atoms with Crippen LogP contribution in [-0.2, 0) is 11.3 Å². The molecule has 1 aliphatic heterocycles. The van der Waals surface area contributed by atoms with E-state index >= 15 is 0 Å². The van der Waals surface area contributed by atoms with E-state index in [1.165, 1.54) is 11.2 Å². The van der Waals surface area contributed by atoms with Gasteiger partial charge in [-0.15, -0.1) is 0 Å². The number of nitriles is 1. The van der Waals surface area contributed by atoms with Crippen molar-refractivity contribution in [3.8, 4) is 6.07 Å². The van der Waals surface area contributed by atoms with Gasteiger partial charge < -0.3 is 10.2 Å². The Morgan fingerprint density at radius 1 is 1.43 bits per heavy atom. The summed E-state index contributed by atoms with van der Waals surface area (Å²) in [5, 5.41) is 16.4. The number of likely N-dealkylation sites (tertiary alicyclic amines) is 1. The average molecular weight is 320 g/mol. The van der Waals surface area contributed by atoms with E-state index in [0.717, 1.165) is 25.8 Å². The van der Waals surface area contributed by atoms with Crippen molar-refractivity contribution in [3.05, 3.63) is 12.7 Å². The summed E-state index contributed by atoms with van der Waals surface area (Å²) in [5.41, 5.74) is 0. The van der Waals surface area contributed by atoms with Crippen molar-refractivity contribution >= 4 is 5.91 Å². The molecule has 4 atom stereocenters. The van der Waals surface area contributed by atoms with Crippen LogP contribution in [0.4, 0.5) is 4.39 Å². The Bertz CT molecular complexity index is 571. The van der Waals surface area contributed by atoms with Crippen LogP contribution in [0.25, 0.3) is 0 Å². The number of hydrogen-bond donors (Lipinski definition) is 1. The van der Waals surface area contributed by atoms with Gasteiger partial charge in [-0.3, -0.25) is 9.48 Å². The molecule has 2 heterocycles. The average Bonchev–Trinajstić information content (AvgIpc) is 3.26. The molecule has 1 unspecified atom stereocenters. The van der Waals surface area contributed by atoms with Gasteiger partial charge in [0.2, 0.25) is 5.91 Å². The smallest absolute Gasteiger partial charge is 0.237 e. The van der Waals surface area contributed by atoms with Gasteiger partial charge in [0, 0.05) is 19.0 Å². The van der Waals surface area contributed by atoms with Gasteiger partial charge in [-0.25, -0.2) is 9.37 Å². The number of carbonyl (C=O) groups is 1. The molecule has 124 valence electrons. The van der Waals surface area contributed by atoms with Crippen LogP contribution in [0.15, 0.2) is 12.7 Å². The summed E-state index contributed by atoms with van der Waals surface area (Å²) < 4.78 is 15.2. The minimum Gasteiger partial charge on any atom is -0.323 e. The molecule has 0 aromatic carbocycles. The van der Waals surface area contributed by atoms with Crippen molar-refractivity contribution in [2.24, 2.45) is 5.92 Å². The van der Waals surface area contributed by atoms with E-state index in [1.807, 2.05) is 10.8 Å². The first-order valence-corrected chi connectivity index (χ1v) is 8.04. The fourth-order valence-electron chi connectivity index (χ4n) is 3.53. The van der Waals surface area contributed by atoms with Crippen LogP contribution in [0.5, 0.6) is 0 Å². The van der Waals surface area contributed by atoms with Crippen LogP contribution in [0.2, 0.25) is 0 Å². The number of aromatic nitrogens is 3. The van der Waals surface area contributed by atoms with E-state index in [1.54, 1.807) is 6.33 Å². The maximum atomic E-state index is 13.4. The van der Waals surface area contributed by atoms with Gasteiger partial charge in [0.05, 0.1) is 19.2 Å². The molecule has 7 nitrogen and oxygen atoms in total. The minimum absolute atomic E-state index is 0.0400. The van der Waals surface area contributed by atoms with Crippen LogP contribution >= 0.6 is 0 Å². The zero-order valence-corrected chi connectivity index (χ0v) is 12.9. The van der Waals surface area contributed by atoms with Crippen LogP contribution in [0.1, 0.15) is 25.7 Å². The topological polar surface area (TPSA) is 86.8 Å². The fraction of sp³-hybridized carbons (Fsp3) is 0.733. The minimum atomic E-state index is -1.08. The molecule has 1 aliphatic carbocycles. The lowest BCUT2D eigenvalue weighted by molar-refractivity contribution is -0.130. The predicted molar refractivity (Wildman–Crippen MR) is 79.8 cm³/mol. The SMILES string of the molecule is N#CC1C[C@H](F)CN1C(=O)CN[C@@H]1CC[C@H](Cn2cncn2)C1. The Balaban J connectivity index is 1.42. The molecule has 0 bridgehead atoms. The molecular weight excluding hydrogens is 299 g/mol. The summed E-state index contributed by atoms with van der Waals surface area (Å²) in [6.07, 6.45) is 5.38. The fourth-order valence-corrected chi connectivity index (χ4v) is 3.53. The van der Waals surface area contributed by atoms with E-state index in [0.29, 0.717) is 5.92 Å². The number of hydrogen-bond acceptors (Lipinski definition) is 5. The third kappa shape index (κ3) is 3.85. The Labute approximate surface area is 134 Å². The van der Waals surface area contributed by atoms with Crippen molar-refractivity contribution in [2.75, 3.05) is 13.1 Å². The van der Waals surface area contributed by atoms with Gasteiger partial charge in [0.1, 0.15) is 24.9 Å². The molecule has 2 aliphatic rings. The Morgan fingerprint density at radius 3 is 3.04 bits per heavy atom. The van der Waals surface area contributed by atoms with Gasteiger partial charge in [0.15, 0.2) is 0 Å². The summed E-state index contributed by atoms with van der Waals surface area (Å²) in [4.78, 5) is 17.5. The Kier molecular flexibility index (Phi) is 4.86. The standard InChI is InChI=1S/C15H21FN6O/c16-12-4-14(5-17)22(8-12)15(23)6-19-13-2-1-11(3-13)7-21-10-18-9-20-21/h9-14,19H,1-4,6-8H2/t11-,12-,13+,14?/m0/s1. The first-order valence-electron chi connectivity index (χ1n) is 8.04. The first-order chi connectivity index (χ1) is 11.2. The lowest BCUT2D eigenvalue weighted by atomic mass is 10.1. The van der Waals surface area contributed by atoms with Gasteiger partial charge in [-0.1, -0.05) is 0 Å². The Hall–Kier alpha value is -2.01. The molecular formula is C15H21FN6O. The van der Waals surface area contributed by atoms with E-state index in [2.05, 4.69) is 15.4 Å². The zero-order valence-electron chi connectivity index (χ0n) is 12.9. The predicted octanol–water partition coefficient (Wildman–Crippen LogP) is 0.499. The molecule has 8 heteroatoms. The van der Waals surface area contributed by atoms with Gasteiger partial charge in [-0.2, -0.15) is 10.4 Å². The summed E-state index contributed by atoms with van der Waals surface area (Å²) in [5.74, 6) is 0.342. The second-order valence-electron chi connectivity index (χ2n) is 6.40. The highest BCUT2D eigenvalue weighted by molar-refractivity contribution is 5.79. The van der Waals surface area contributed by atoms with Gasteiger partial charge >= 0.3 is 0 Å². The summed E-state index contributed by atoms with van der Waals surface area (Å²) in [6, 6.07) is 1.67. The molecule has 23 heavy (non-hydrogen) atoms. The zero-order chi connectivity index (χ0) is 16.2. The van der Waals surface area contributed by atoms with E-state index in [9.17, 15) is 9.18 Å². The molecule has 1 N–H and O–H groups in total. The molecule has 3 rings (SSSR count). The highest BCUT2D eigenvalue weighted by Gasteiger charge is 2.35. The molecule has 1 saturated heterocycles. The monoisotopic (exact) mass is 320 g/mol. The largest absolute Gasteiger partial charge is 0.323 e. The molecule has 0 radical (unpaired) electrons. The number of alkyl halides is 1. The number of carbonyl (C=O) groups excluding carboxylic acids is 1. The van der Waals surface area contributed by atoms with Crippen molar-refractivity contribution in [2.45, 2.75) is 50.5 Å². The third-order valence-corrected chi connectivity index (χ3v) is 4.71. The molecule has 2 fully saturated rings.